The number of rotatable bonds is 1. The molecule has 1 fully saturated rings. The van der Waals surface area contributed by atoms with Crippen LogP contribution in [0.4, 0.5) is 4.79 Å². The molecule has 0 aromatic carbocycles. The maximum absolute atomic E-state index is 12.1. The largest absolute Gasteiger partial charge is 0.444 e. The van der Waals surface area contributed by atoms with Crippen LogP contribution in [0.15, 0.2) is 0 Å². The third-order valence-electron chi connectivity index (χ3n) is 3.44. The van der Waals surface area contributed by atoms with E-state index in [-0.39, 0.29) is 17.4 Å². The van der Waals surface area contributed by atoms with Crippen molar-refractivity contribution in [2.75, 3.05) is 13.1 Å². The topological polar surface area (TPSA) is 49.8 Å². The lowest BCUT2D eigenvalue weighted by atomic mass is 9.78. The van der Waals surface area contributed by atoms with Crippen LogP contribution in [0.25, 0.3) is 0 Å². The summed E-state index contributed by atoms with van der Waals surface area (Å²) in [6, 6.07) is 0. The molecule has 112 valence electrons. The van der Waals surface area contributed by atoms with Gasteiger partial charge in [-0.05, 0) is 39.0 Å². The summed E-state index contributed by atoms with van der Waals surface area (Å²) in [5.41, 5.74) is -0.617. The fourth-order valence-electron chi connectivity index (χ4n) is 2.47. The molecule has 0 saturated carbocycles. The molecule has 1 N–H and O–H groups in total. The zero-order valence-corrected chi connectivity index (χ0v) is 13.2. The van der Waals surface area contributed by atoms with E-state index in [1.807, 2.05) is 41.5 Å². The molecule has 0 unspecified atom stereocenters. The van der Waals surface area contributed by atoms with E-state index in [4.69, 9.17) is 4.74 Å². The first kappa shape index (κ1) is 16.3. The molecule has 0 aromatic rings. The number of carbonyl (C=O) groups excluding carboxylic acids is 1. The Morgan fingerprint density at radius 3 is 2.32 bits per heavy atom. The minimum Gasteiger partial charge on any atom is -0.444 e. The van der Waals surface area contributed by atoms with Crippen molar-refractivity contribution in [1.82, 2.24) is 4.90 Å². The van der Waals surface area contributed by atoms with E-state index < -0.39 is 11.7 Å². The molecular formula is C15H29NO3. The van der Waals surface area contributed by atoms with Crippen LogP contribution in [0.2, 0.25) is 0 Å². The molecule has 19 heavy (non-hydrogen) atoms. The number of aliphatic hydroxyl groups excluding tert-OH is 1. The summed E-state index contributed by atoms with van der Waals surface area (Å²) in [5, 5.41) is 10.4. The van der Waals surface area contributed by atoms with E-state index in [1.165, 1.54) is 0 Å². The van der Waals surface area contributed by atoms with Crippen LogP contribution in [-0.2, 0) is 4.74 Å². The minimum absolute atomic E-state index is 0.140. The third-order valence-corrected chi connectivity index (χ3v) is 3.44. The number of ether oxygens (including phenoxy) is 1. The van der Waals surface area contributed by atoms with Crippen LogP contribution >= 0.6 is 0 Å². The van der Waals surface area contributed by atoms with Crippen molar-refractivity contribution < 1.29 is 14.6 Å². The fourth-order valence-corrected chi connectivity index (χ4v) is 2.47. The number of hydrogen-bond donors (Lipinski definition) is 1. The highest BCUT2D eigenvalue weighted by Gasteiger charge is 2.35. The summed E-state index contributed by atoms with van der Waals surface area (Å²) in [7, 11) is 0. The smallest absolute Gasteiger partial charge is 0.410 e. The zero-order chi connectivity index (χ0) is 14.8. The van der Waals surface area contributed by atoms with Gasteiger partial charge in [0.05, 0.1) is 6.10 Å². The number of piperidine rings is 1. The van der Waals surface area contributed by atoms with Gasteiger partial charge < -0.3 is 14.7 Å². The molecule has 1 aliphatic heterocycles. The van der Waals surface area contributed by atoms with E-state index in [9.17, 15) is 9.90 Å². The third kappa shape index (κ3) is 5.01. The van der Waals surface area contributed by atoms with Crippen LogP contribution < -0.4 is 0 Å². The SMILES string of the molecule is CC(C)(C)OC(=O)N1CCC[C@H]([C@H](O)C(C)(C)C)C1. The van der Waals surface area contributed by atoms with Crippen LogP contribution in [0.5, 0.6) is 0 Å². The zero-order valence-electron chi connectivity index (χ0n) is 13.2. The number of likely N-dealkylation sites (tertiary alicyclic amines) is 1. The highest BCUT2D eigenvalue weighted by Crippen LogP contribution is 2.31. The predicted molar refractivity (Wildman–Crippen MR) is 76.0 cm³/mol. The number of aliphatic hydroxyl groups is 1. The Hall–Kier alpha value is -0.770. The van der Waals surface area contributed by atoms with Gasteiger partial charge in [0.1, 0.15) is 5.60 Å². The van der Waals surface area contributed by atoms with Gasteiger partial charge in [-0.25, -0.2) is 4.79 Å². The molecule has 0 radical (unpaired) electrons. The van der Waals surface area contributed by atoms with Crippen LogP contribution in [-0.4, -0.2) is 40.9 Å². The van der Waals surface area contributed by atoms with Gasteiger partial charge in [0, 0.05) is 19.0 Å². The second kappa shape index (κ2) is 5.70. The highest BCUT2D eigenvalue weighted by atomic mass is 16.6. The van der Waals surface area contributed by atoms with E-state index in [0.717, 1.165) is 19.4 Å². The lowest BCUT2D eigenvalue weighted by Gasteiger charge is -2.40. The molecule has 0 aromatic heterocycles. The Morgan fingerprint density at radius 1 is 1.26 bits per heavy atom. The van der Waals surface area contributed by atoms with Gasteiger partial charge in [0.15, 0.2) is 0 Å². The monoisotopic (exact) mass is 271 g/mol. The maximum atomic E-state index is 12.1. The molecule has 0 bridgehead atoms. The van der Waals surface area contributed by atoms with Gasteiger partial charge in [-0.15, -0.1) is 0 Å². The summed E-state index contributed by atoms with van der Waals surface area (Å²) in [5.74, 6) is 0.140. The van der Waals surface area contributed by atoms with E-state index >= 15 is 0 Å². The van der Waals surface area contributed by atoms with Gasteiger partial charge in [-0.2, -0.15) is 0 Å². The Balaban J connectivity index is 2.62. The van der Waals surface area contributed by atoms with Gasteiger partial charge in [0.2, 0.25) is 0 Å². The first-order valence-corrected chi connectivity index (χ1v) is 7.17. The molecule has 0 aliphatic carbocycles. The molecule has 4 heteroatoms. The van der Waals surface area contributed by atoms with Crippen molar-refractivity contribution >= 4 is 6.09 Å². The standard InChI is InChI=1S/C15H29NO3/c1-14(2,3)12(17)11-8-7-9-16(10-11)13(18)19-15(4,5)6/h11-12,17H,7-10H2,1-6H3/t11-,12-/m0/s1. The minimum atomic E-state index is -0.466. The first-order chi connectivity index (χ1) is 8.50. The van der Waals surface area contributed by atoms with Crippen LogP contribution in [0.1, 0.15) is 54.4 Å². The molecule has 1 aliphatic rings. The summed E-state index contributed by atoms with van der Waals surface area (Å²) in [6.07, 6.45) is 1.24. The van der Waals surface area contributed by atoms with Crippen LogP contribution in [0.3, 0.4) is 0 Å². The number of hydrogen-bond acceptors (Lipinski definition) is 3. The van der Waals surface area contributed by atoms with Gasteiger partial charge in [-0.1, -0.05) is 20.8 Å². The summed E-state index contributed by atoms with van der Waals surface area (Å²) in [6.45, 7) is 13.0. The lowest BCUT2D eigenvalue weighted by molar-refractivity contribution is -0.0280. The fraction of sp³-hybridized carbons (Fsp3) is 0.933. The molecule has 1 saturated heterocycles. The normalized spacial score (nSPS) is 23.1. The van der Waals surface area contributed by atoms with E-state index in [0.29, 0.717) is 6.54 Å². The number of carbonyl (C=O) groups is 1. The summed E-state index contributed by atoms with van der Waals surface area (Å²) < 4.78 is 5.40. The molecule has 1 amide bonds. The van der Waals surface area contributed by atoms with Gasteiger partial charge in [-0.3, -0.25) is 0 Å². The Bertz CT molecular complexity index is 314. The summed E-state index contributed by atoms with van der Waals surface area (Å²) in [4.78, 5) is 13.8. The Kier molecular flexibility index (Phi) is 4.88. The average Bonchev–Trinajstić information content (AvgIpc) is 2.24. The first-order valence-electron chi connectivity index (χ1n) is 7.17. The van der Waals surface area contributed by atoms with Crippen LogP contribution in [0, 0.1) is 11.3 Å². The average molecular weight is 271 g/mol. The maximum Gasteiger partial charge on any atom is 0.410 e. The molecule has 1 rings (SSSR count). The predicted octanol–water partition coefficient (Wildman–Crippen LogP) is 3.04. The van der Waals surface area contributed by atoms with Crippen molar-refractivity contribution in [1.29, 1.82) is 0 Å². The highest BCUT2D eigenvalue weighted by molar-refractivity contribution is 5.68. The molecule has 4 nitrogen and oxygen atoms in total. The van der Waals surface area contributed by atoms with Crippen molar-refractivity contribution in [2.24, 2.45) is 11.3 Å². The second-order valence-corrected chi connectivity index (χ2v) is 7.64. The van der Waals surface area contributed by atoms with Crippen molar-refractivity contribution in [3.05, 3.63) is 0 Å². The van der Waals surface area contributed by atoms with Crippen molar-refractivity contribution in [3.63, 3.8) is 0 Å². The van der Waals surface area contributed by atoms with E-state index in [2.05, 4.69) is 0 Å². The number of nitrogens with zero attached hydrogens (tertiary/aromatic N) is 1. The second-order valence-electron chi connectivity index (χ2n) is 7.64. The van der Waals surface area contributed by atoms with Crippen molar-refractivity contribution in [3.8, 4) is 0 Å². The van der Waals surface area contributed by atoms with Gasteiger partial charge in [0.25, 0.3) is 0 Å². The van der Waals surface area contributed by atoms with Crippen molar-refractivity contribution in [2.45, 2.75) is 66.1 Å². The lowest BCUT2D eigenvalue weighted by Crippen LogP contribution is -2.48. The van der Waals surface area contributed by atoms with Gasteiger partial charge >= 0.3 is 6.09 Å². The summed E-state index contributed by atoms with van der Waals surface area (Å²) >= 11 is 0. The quantitative estimate of drug-likeness (QED) is 0.797. The van der Waals surface area contributed by atoms with E-state index in [1.54, 1.807) is 4.90 Å². The molecule has 1 heterocycles. The molecule has 2 atom stereocenters. The Morgan fingerprint density at radius 2 is 1.84 bits per heavy atom. The Labute approximate surface area is 117 Å². The molecule has 0 spiro atoms. The number of amides is 1. The molecular weight excluding hydrogens is 242 g/mol.